The molecule has 1 atom stereocenters. The second-order valence-corrected chi connectivity index (χ2v) is 7.07. The van der Waals surface area contributed by atoms with Crippen LogP contribution in [0.5, 0.6) is 11.5 Å². The number of benzene rings is 2. The lowest BCUT2D eigenvalue weighted by Crippen LogP contribution is -2.21. The molecule has 6 nitrogen and oxygen atoms in total. The van der Waals surface area contributed by atoms with Crippen molar-refractivity contribution in [2.75, 3.05) is 30.4 Å². The molecule has 0 saturated carbocycles. The average molecular weight is 384 g/mol. The van der Waals surface area contributed by atoms with E-state index in [1.807, 2.05) is 62.4 Å². The van der Waals surface area contributed by atoms with E-state index in [-0.39, 0.29) is 24.7 Å². The van der Waals surface area contributed by atoms with Gasteiger partial charge in [-0.2, -0.15) is 0 Å². The van der Waals surface area contributed by atoms with Crippen LogP contribution in [-0.4, -0.2) is 37.9 Å². The van der Waals surface area contributed by atoms with Crippen LogP contribution in [0.4, 0.5) is 11.4 Å². The Kier molecular flexibility index (Phi) is 7.14. The van der Waals surface area contributed by atoms with Crippen LogP contribution in [0.15, 0.2) is 48.5 Å². The van der Waals surface area contributed by atoms with Crippen molar-refractivity contribution < 1.29 is 19.0 Å². The standard InChI is InChI=1S/C22H28N2O4/c1-16(2)28-20-9-4-7-18(13-20)24-22(25)14-23-17-6-3-8-19(12-17)27-15-21-10-5-11-26-21/h3-4,6-9,12-13,16,21,23H,5,10-11,14-15H2,1-2H3,(H,24,25). The normalized spacial score (nSPS) is 16.0. The Morgan fingerprint density at radius 2 is 1.89 bits per heavy atom. The summed E-state index contributed by atoms with van der Waals surface area (Å²) in [4.78, 5) is 12.2. The summed E-state index contributed by atoms with van der Waals surface area (Å²) >= 11 is 0. The predicted octanol–water partition coefficient (Wildman–Crippen LogP) is 4.08. The van der Waals surface area contributed by atoms with Crippen molar-refractivity contribution >= 4 is 17.3 Å². The van der Waals surface area contributed by atoms with Gasteiger partial charge < -0.3 is 24.8 Å². The van der Waals surface area contributed by atoms with Gasteiger partial charge in [-0.1, -0.05) is 12.1 Å². The third-order valence-electron chi connectivity index (χ3n) is 4.24. The minimum absolute atomic E-state index is 0.0855. The van der Waals surface area contributed by atoms with Gasteiger partial charge in [-0.3, -0.25) is 4.79 Å². The maximum absolute atomic E-state index is 12.2. The molecule has 6 heteroatoms. The highest BCUT2D eigenvalue weighted by Gasteiger charge is 2.16. The summed E-state index contributed by atoms with van der Waals surface area (Å²) in [6, 6.07) is 15.0. The van der Waals surface area contributed by atoms with Crippen molar-refractivity contribution in [1.29, 1.82) is 0 Å². The molecule has 3 rings (SSSR count). The minimum Gasteiger partial charge on any atom is -0.491 e. The monoisotopic (exact) mass is 384 g/mol. The van der Waals surface area contributed by atoms with Crippen LogP contribution >= 0.6 is 0 Å². The van der Waals surface area contributed by atoms with Crippen molar-refractivity contribution in [3.8, 4) is 11.5 Å². The van der Waals surface area contributed by atoms with Gasteiger partial charge >= 0.3 is 0 Å². The van der Waals surface area contributed by atoms with Crippen LogP contribution in [0.2, 0.25) is 0 Å². The summed E-state index contributed by atoms with van der Waals surface area (Å²) in [6.07, 6.45) is 2.40. The van der Waals surface area contributed by atoms with Crippen LogP contribution < -0.4 is 20.1 Å². The molecule has 0 bridgehead atoms. The second-order valence-electron chi connectivity index (χ2n) is 7.07. The molecule has 0 radical (unpaired) electrons. The molecule has 0 aromatic heterocycles. The molecule has 1 aliphatic rings. The van der Waals surface area contributed by atoms with Gasteiger partial charge in [-0.05, 0) is 51.0 Å². The Labute approximate surface area is 166 Å². The summed E-state index contributed by atoms with van der Waals surface area (Å²) in [6.45, 7) is 5.46. The minimum atomic E-state index is -0.132. The van der Waals surface area contributed by atoms with Gasteiger partial charge in [0.05, 0.1) is 18.8 Å². The van der Waals surface area contributed by atoms with Crippen LogP contribution in [-0.2, 0) is 9.53 Å². The molecule has 1 saturated heterocycles. The first kappa shape index (κ1) is 20.0. The fourth-order valence-electron chi connectivity index (χ4n) is 2.97. The van der Waals surface area contributed by atoms with Crippen molar-refractivity contribution in [2.24, 2.45) is 0 Å². The molecule has 28 heavy (non-hydrogen) atoms. The number of amides is 1. The lowest BCUT2D eigenvalue weighted by molar-refractivity contribution is -0.114. The number of hydrogen-bond acceptors (Lipinski definition) is 5. The molecular weight excluding hydrogens is 356 g/mol. The molecule has 1 amide bonds. The zero-order valence-corrected chi connectivity index (χ0v) is 16.4. The van der Waals surface area contributed by atoms with E-state index in [9.17, 15) is 4.79 Å². The van der Waals surface area contributed by atoms with Crippen molar-refractivity contribution in [2.45, 2.75) is 38.9 Å². The Hall–Kier alpha value is -2.73. The van der Waals surface area contributed by atoms with E-state index in [2.05, 4.69) is 10.6 Å². The SMILES string of the molecule is CC(C)Oc1cccc(NC(=O)CNc2cccc(OCC3CCCO3)c2)c1. The van der Waals surface area contributed by atoms with E-state index in [1.165, 1.54) is 0 Å². The smallest absolute Gasteiger partial charge is 0.243 e. The zero-order valence-electron chi connectivity index (χ0n) is 16.4. The van der Waals surface area contributed by atoms with E-state index in [4.69, 9.17) is 14.2 Å². The van der Waals surface area contributed by atoms with Gasteiger partial charge in [0, 0.05) is 30.1 Å². The Balaban J connectivity index is 1.47. The molecule has 1 heterocycles. The third kappa shape index (κ3) is 6.46. The highest BCUT2D eigenvalue weighted by Crippen LogP contribution is 2.20. The first-order valence-electron chi connectivity index (χ1n) is 9.73. The predicted molar refractivity (Wildman–Crippen MR) is 110 cm³/mol. The molecule has 1 aliphatic heterocycles. The highest BCUT2D eigenvalue weighted by molar-refractivity contribution is 5.93. The molecule has 1 fully saturated rings. The number of nitrogens with one attached hydrogen (secondary N) is 2. The van der Waals surface area contributed by atoms with Crippen LogP contribution in [0.25, 0.3) is 0 Å². The largest absolute Gasteiger partial charge is 0.491 e. The molecule has 2 aromatic rings. The number of rotatable bonds is 9. The maximum Gasteiger partial charge on any atom is 0.243 e. The molecule has 2 N–H and O–H groups in total. The maximum atomic E-state index is 12.2. The van der Waals surface area contributed by atoms with Crippen LogP contribution in [0, 0.1) is 0 Å². The van der Waals surface area contributed by atoms with Crippen molar-refractivity contribution in [3.05, 3.63) is 48.5 Å². The van der Waals surface area contributed by atoms with Crippen molar-refractivity contribution in [1.82, 2.24) is 0 Å². The Morgan fingerprint density at radius 1 is 1.14 bits per heavy atom. The summed E-state index contributed by atoms with van der Waals surface area (Å²) in [5.74, 6) is 1.36. The summed E-state index contributed by atoms with van der Waals surface area (Å²) < 4.78 is 17.0. The van der Waals surface area contributed by atoms with Gasteiger partial charge in [0.25, 0.3) is 0 Å². The average Bonchev–Trinajstić information content (AvgIpc) is 3.18. The molecule has 0 aliphatic carbocycles. The van der Waals surface area contributed by atoms with Gasteiger partial charge in [-0.25, -0.2) is 0 Å². The molecule has 1 unspecified atom stereocenters. The number of carbonyl (C=O) groups is 1. The zero-order chi connectivity index (χ0) is 19.8. The van der Waals surface area contributed by atoms with Gasteiger partial charge in [-0.15, -0.1) is 0 Å². The fourth-order valence-corrected chi connectivity index (χ4v) is 2.97. The van der Waals surface area contributed by atoms with Crippen LogP contribution in [0.1, 0.15) is 26.7 Å². The fraction of sp³-hybridized carbons (Fsp3) is 0.409. The molecule has 0 spiro atoms. The summed E-state index contributed by atoms with van der Waals surface area (Å²) in [7, 11) is 0. The molecule has 150 valence electrons. The quantitative estimate of drug-likeness (QED) is 0.682. The van der Waals surface area contributed by atoms with Gasteiger partial charge in [0.15, 0.2) is 0 Å². The first-order valence-corrected chi connectivity index (χ1v) is 9.73. The van der Waals surface area contributed by atoms with E-state index >= 15 is 0 Å². The third-order valence-corrected chi connectivity index (χ3v) is 4.24. The topological polar surface area (TPSA) is 68.8 Å². The van der Waals surface area contributed by atoms with E-state index in [0.29, 0.717) is 12.3 Å². The Bertz CT molecular complexity index is 773. The number of anilines is 2. The number of hydrogen-bond donors (Lipinski definition) is 2. The van der Waals surface area contributed by atoms with Crippen LogP contribution in [0.3, 0.4) is 0 Å². The lowest BCUT2D eigenvalue weighted by atomic mass is 10.2. The van der Waals surface area contributed by atoms with Gasteiger partial charge in [0.1, 0.15) is 18.1 Å². The van der Waals surface area contributed by atoms with E-state index in [1.54, 1.807) is 0 Å². The lowest BCUT2D eigenvalue weighted by Gasteiger charge is -2.13. The number of ether oxygens (including phenoxy) is 3. The number of carbonyl (C=O) groups excluding carboxylic acids is 1. The summed E-state index contributed by atoms with van der Waals surface area (Å²) in [5, 5.41) is 6.00. The van der Waals surface area contributed by atoms with Crippen molar-refractivity contribution in [3.63, 3.8) is 0 Å². The first-order chi connectivity index (χ1) is 13.6. The van der Waals surface area contributed by atoms with E-state index < -0.39 is 0 Å². The Morgan fingerprint density at radius 3 is 2.64 bits per heavy atom. The van der Waals surface area contributed by atoms with Gasteiger partial charge in [0.2, 0.25) is 5.91 Å². The summed E-state index contributed by atoms with van der Waals surface area (Å²) in [5.41, 5.74) is 1.54. The molecule has 2 aromatic carbocycles. The highest BCUT2D eigenvalue weighted by atomic mass is 16.5. The molecular formula is C22H28N2O4. The second kappa shape index (κ2) is 9.99. The van der Waals surface area contributed by atoms with E-state index in [0.717, 1.165) is 36.6 Å².